The molecular weight excluding hydrogens is 542 g/mol. The smallest absolute Gasteiger partial charge is 0.246 e. The van der Waals surface area contributed by atoms with E-state index in [0.717, 1.165) is 64.4 Å². The standard InChI is InChI=1S/C34H37N5O2S/c1-4-19-38(3)23-32-35-30(24-42-32)28-15-11-26(12-16-28)27-13-17-29(18-14-27)34-36-31(41-37-34)22-39(20-5-2)33(40)21-25-9-7-6-8-10-25/h6-18,24H,4-5,19-23H2,1-3H3. The first kappa shape index (κ1) is 29.4. The lowest BCUT2D eigenvalue weighted by Gasteiger charge is -2.20. The highest BCUT2D eigenvalue weighted by molar-refractivity contribution is 7.09. The largest absolute Gasteiger partial charge is 0.337 e. The molecule has 7 nitrogen and oxygen atoms in total. The van der Waals surface area contributed by atoms with Crippen LogP contribution in [0.25, 0.3) is 33.8 Å². The minimum Gasteiger partial charge on any atom is -0.337 e. The fourth-order valence-electron chi connectivity index (χ4n) is 4.90. The van der Waals surface area contributed by atoms with Gasteiger partial charge >= 0.3 is 0 Å². The Labute approximate surface area is 251 Å². The summed E-state index contributed by atoms with van der Waals surface area (Å²) in [6.45, 7) is 7.14. The van der Waals surface area contributed by atoms with Crippen LogP contribution in [0.5, 0.6) is 0 Å². The summed E-state index contributed by atoms with van der Waals surface area (Å²) in [4.78, 5) is 26.5. The zero-order valence-electron chi connectivity index (χ0n) is 24.5. The first-order valence-electron chi connectivity index (χ1n) is 14.5. The minimum atomic E-state index is 0.0490. The molecule has 1 amide bonds. The number of carbonyl (C=O) groups is 1. The zero-order chi connectivity index (χ0) is 29.3. The molecule has 2 heterocycles. The molecule has 5 rings (SSSR count). The predicted octanol–water partition coefficient (Wildman–Crippen LogP) is 7.35. The third-order valence-corrected chi connectivity index (χ3v) is 7.89. The highest BCUT2D eigenvalue weighted by Crippen LogP contribution is 2.28. The normalized spacial score (nSPS) is 11.2. The van der Waals surface area contributed by atoms with Crippen molar-refractivity contribution in [3.63, 3.8) is 0 Å². The summed E-state index contributed by atoms with van der Waals surface area (Å²) in [6, 6.07) is 26.4. The molecule has 0 spiro atoms. The van der Waals surface area contributed by atoms with Crippen LogP contribution >= 0.6 is 11.3 Å². The van der Waals surface area contributed by atoms with Crippen LogP contribution in [0.4, 0.5) is 0 Å². The number of carbonyl (C=O) groups excluding carboxylic acids is 1. The molecule has 0 aliphatic carbocycles. The Balaban J connectivity index is 1.21. The summed E-state index contributed by atoms with van der Waals surface area (Å²) >= 11 is 1.72. The second-order valence-corrected chi connectivity index (χ2v) is 11.5. The molecule has 0 saturated heterocycles. The molecule has 0 N–H and O–H groups in total. The fraction of sp³-hybridized carbons (Fsp3) is 0.294. The molecule has 0 fully saturated rings. The van der Waals surface area contributed by atoms with Gasteiger partial charge in [-0.25, -0.2) is 4.98 Å². The van der Waals surface area contributed by atoms with E-state index in [-0.39, 0.29) is 5.91 Å². The Morgan fingerprint density at radius 1 is 0.786 bits per heavy atom. The van der Waals surface area contributed by atoms with E-state index in [4.69, 9.17) is 9.51 Å². The van der Waals surface area contributed by atoms with Crippen LogP contribution in [0.2, 0.25) is 0 Å². The average Bonchev–Trinajstić information content (AvgIpc) is 3.68. The van der Waals surface area contributed by atoms with E-state index in [1.807, 2.05) is 42.5 Å². The van der Waals surface area contributed by atoms with Gasteiger partial charge in [0, 0.05) is 23.1 Å². The third kappa shape index (κ3) is 7.57. The topological polar surface area (TPSA) is 75.4 Å². The molecule has 0 aliphatic heterocycles. The van der Waals surface area contributed by atoms with Crippen molar-refractivity contribution in [2.24, 2.45) is 0 Å². The first-order chi connectivity index (χ1) is 20.5. The van der Waals surface area contributed by atoms with Crippen LogP contribution in [-0.2, 0) is 24.3 Å². The van der Waals surface area contributed by atoms with Gasteiger partial charge in [0.25, 0.3) is 0 Å². The summed E-state index contributed by atoms with van der Waals surface area (Å²) in [6.07, 6.45) is 2.35. The maximum Gasteiger partial charge on any atom is 0.246 e. The van der Waals surface area contributed by atoms with Gasteiger partial charge in [0.05, 0.1) is 25.2 Å². The molecule has 5 aromatic rings. The van der Waals surface area contributed by atoms with Gasteiger partial charge in [-0.1, -0.05) is 97.9 Å². The molecule has 0 radical (unpaired) electrons. The SMILES string of the molecule is CCCN(C)Cc1nc(-c2ccc(-c3ccc(-c4noc(CN(CCC)C(=O)Cc5ccccc5)n4)cc3)cc2)cs1. The van der Waals surface area contributed by atoms with Crippen molar-refractivity contribution in [2.75, 3.05) is 20.1 Å². The van der Waals surface area contributed by atoms with Crippen molar-refractivity contribution >= 4 is 17.2 Å². The number of hydrogen-bond acceptors (Lipinski definition) is 7. The van der Waals surface area contributed by atoms with Gasteiger partial charge in [-0.05, 0) is 43.1 Å². The van der Waals surface area contributed by atoms with Gasteiger partial charge in [-0.15, -0.1) is 11.3 Å². The number of nitrogens with zero attached hydrogens (tertiary/aromatic N) is 5. The molecule has 3 aromatic carbocycles. The maximum absolute atomic E-state index is 13.0. The van der Waals surface area contributed by atoms with Crippen molar-refractivity contribution in [3.05, 3.63) is 101 Å². The van der Waals surface area contributed by atoms with Crippen LogP contribution in [-0.4, -0.2) is 51.0 Å². The number of rotatable bonds is 13. The second-order valence-electron chi connectivity index (χ2n) is 10.5. The lowest BCUT2D eigenvalue weighted by molar-refractivity contribution is -0.131. The van der Waals surface area contributed by atoms with E-state index in [9.17, 15) is 4.79 Å². The molecular formula is C34H37N5O2S. The quantitative estimate of drug-likeness (QED) is 0.145. The monoisotopic (exact) mass is 579 g/mol. The summed E-state index contributed by atoms with van der Waals surface area (Å²) in [7, 11) is 2.14. The molecule has 216 valence electrons. The molecule has 42 heavy (non-hydrogen) atoms. The van der Waals surface area contributed by atoms with E-state index in [1.54, 1.807) is 16.2 Å². The van der Waals surface area contributed by atoms with Crippen LogP contribution in [0.3, 0.4) is 0 Å². The van der Waals surface area contributed by atoms with E-state index in [2.05, 4.69) is 77.7 Å². The van der Waals surface area contributed by atoms with E-state index >= 15 is 0 Å². The number of amides is 1. The fourth-order valence-corrected chi connectivity index (χ4v) is 5.78. The lowest BCUT2D eigenvalue weighted by Crippen LogP contribution is -2.32. The number of benzene rings is 3. The van der Waals surface area contributed by atoms with Crippen molar-refractivity contribution in [1.29, 1.82) is 0 Å². The van der Waals surface area contributed by atoms with Crippen molar-refractivity contribution in [3.8, 4) is 33.8 Å². The van der Waals surface area contributed by atoms with Gasteiger partial charge in [-0.2, -0.15) is 4.98 Å². The molecule has 0 atom stereocenters. The molecule has 8 heteroatoms. The van der Waals surface area contributed by atoms with Gasteiger partial charge in [0.1, 0.15) is 5.01 Å². The van der Waals surface area contributed by atoms with Crippen molar-refractivity contribution < 1.29 is 9.32 Å². The molecule has 0 aliphatic rings. The number of thiazole rings is 1. The maximum atomic E-state index is 13.0. The van der Waals surface area contributed by atoms with E-state index in [0.29, 0.717) is 31.2 Å². The van der Waals surface area contributed by atoms with Crippen LogP contribution in [0.15, 0.2) is 88.8 Å². The zero-order valence-corrected chi connectivity index (χ0v) is 25.3. The van der Waals surface area contributed by atoms with E-state index in [1.165, 1.54) is 0 Å². The summed E-state index contributed by atoms with van der Waals surface area (Å²) in [5, 5.41) is 7.47. The first-order valence-corrected chi connectivity index (χ1v) is 15.4. The third-order valence-electron chi connectivity index (χ3n) is 7.06. The highest BCUT2D eigenvalue weighted by atomic mass is 32.1. The molecule has 0 bridgehead atoms. The minimum absolute atomic E-state index is 0.0490. The summed E-state index contributed by atoms with van der Waals surface area (Å²) < 4.78 is 5.54. The summed E-state index contributed by atoms with van der Waals surface area (Å²) in [5.41, 5.74) is 6.24. The molecule has 0 unspecified atom stereocenters. The van der Waals surface area contributed by atoms with Gasteiger partial charge in [-0.3, -0.25) is 9.69 Å². The van der Waals surface area contributed by atoms with Crippen LogP contribution < -0.4 is 0 Å². The second kappa shape index (κ2) is 14.2. The van der Waals surface area contributed by atoms with E-state index < -0.39 is 0 Å². The van der Waals surface area contributed by atoms with Crippen molar-refractivity contribution in [1.82, 2.24) is 24.9 Å². The van der Waals surface area contributed by atoms with Gasteiger partial charge in [0.2, 0.25) is 17.6 Å². The Kier molecular flexibility index (Phi) is 9.90. The van der Waals surface area contributed by atoms with Gasteiger partial charge < -0.3 is 9.42 Å². The Morgan fingerprint density at radius 3 is 2.10 bits per heavy atom. The molecule has 2 aromatic heterocycles. The highest BCUT2D eigenvalue weighted by Gasteiger charge is 2.18. The molecule has 0 saturated carbocycles. The Bertz CT molecular complexity index is 1560. The number of aromatic nitrogens is 3. The van der Waals surface area contributed by atoms with Crippen LogP contribution in [0.1, 0.15) is 43.2 Å². The Hall–Kier alpha value is -4.14. The number of hydrogen-bond donors (Lipinski definition) is 0. The van der Waals surface area contributed by atoms with Crippen molar-refractivity contribution in [2.45, 2.75) is 46.2 Å². The lowest BCUT2D eigenvalue weighted by atomic mass is 10.0. The summed E-state index contributed by atoms with van der Waals surface area (Å²) in [5.74, 6) is 0.998. The van der Waals surface area contributed by atoms with Gasteiger partial charge in [0.15, 0.2) is 0 Å². The van der Waals surface area contributed by atoms with Crippen LogP contribution in [0, 0.1) is 0 Å². The average molecular weight is 580 g/mol. The Morgan fingerprint density at radius 2 is 1.43 bits per heavy atom. The predicted molar refractivity (Wildman–Crippen MR) is 169 cm³/mol.